The molecule has 0 amide bonds. The molecule has 1 heteroatoms. The second-order valence-corrected chi connectivity index (χ2v) is 5.80. The monoisotopic (exact) mass is 241 g/mol. The van der Waals surface area contributed by atoms with Gasteiger partial charge >= 0.3 is 0 Å². The molecule has 0 radical (unpaired) electrons. The molecule has 0 aliphatic rings. The first kappa shape index (κ1) is 13.1. The van der Waals surface area contributed by atoms with Crippen molar-refractivity contribution in [3.63, 3.8) is 0 Å². The van der Waals surface area contributed by atoms with Gasteiger partial charge in [-0.3, -0.25) is 0 Å². The third-order valence-corrected chi connectivity index (χ3v) is 3.83. The number of benzene rings is 2. The van der Waals surface area contributed by atoms with E-state index in [1.807, 2.05) is 7.05 Å². The van der Waals surface area contributed by atoms with Gasteiger partial charge in [0.1, 0.15) is 0 Å². The van der Waals surface area contributed by atoms with Gasteiger partial charge in [-0.05, 0) is 42.1 Å². The highest BCUT2D eigenvalue weighted by atomic mass is 14.9. The van der Waals surface area contributed by atoms with Crippen LogP contribution in [0.2, 0.25) is 0 Å². The Balaban J connectivity index is 2.46. The Hall–Kier alpha value is -1.34. The molecule has 0 aliphatic carbocycles. The maximum atomic E-state index is 3.34. The van der Waals surface area contributed by atoms with Crippen LogP contribution in [-0.2, 0) is 5.41 Å². The Morgan fingerprint density at radius 3 is 2.44 bits per heavy atom. The van der Waals surface area contributed by atoms with Crippen molar-refractivity contribution in [2.45, 2.75) is 38.6 Å². The fourth-order valence-corrected chi connectivity index (χ4v) is 2.79. The summed E-state index contributed by atoms with van der Waals surface area (Å²) in [5.74, 6) is 0. The number of hydrogen-bond donors (Lipinski definition) is 1. The molecule has 0 fully saturated rings. The molecule has 0 bridgehead atoms. The number of fused-ring (bicyclic) bond motifs is 1. The molecular formula is C17H23N. The molecule has 0 saturated carbocycles. The van der Waals surface area contributed by atoms with E-state index in [0.717, 1.165) is 6.42 Å². The van der Waals surface area contributed by atoms with Gasteiger partial charge in [-0.15, -0.1) is 0 Å². The summed E-state index contributed by atoms with van der Waals surface area (Å²) in [7, 11) is 2.03. The number of hydrogen-bond acceptors (Lipinski definition) is 1. The molecule has 0 heterocycles. The minimum atomic E-state index is 0.184. The van der Waals surface area contributed by atoms with Crippen LogP contribution < -0.4 is 5.32 Å². The summed E-state index contributed by atoms with van der Waals surface area (Å²) < 4.78 is 0. The Morgan fingerprint density at radius 1 is 1.06 bits per heavy atom. The first-order chi connectivity index (χ1) is 8.54. The fourth-order valence-electron chi connectivity index (χ4n) is 2.79. The van der Waals surface area contributed by atoms with Crippen molar-refractivity contribution < 1.29 is 0 Å². The van der Waals surface area contributed by atoms with Gasteiger partial charge < -0.3 is 5.32 Å². The third kappa shape index (κ3) is 2.56. The van der Waals surface area contributed by atoms with Gasteiger partial charge in [-0.1, -0.05) is 56.3 Å². The second-order valence-electron chi connectivity index (χ2n) is 5.80. The van der Waals surface area contributed by atoms with Crippen LogP contribution in [0.25, 0.3) is 10.8 Å². The van der Waals surface area contributed by atoms with Gasteiger partial charge in [0.25, 0.3) is 0 Å². The first-order valence-electron chi connectivity index (χ1n) is 6.70. The van der Waals surface area contributed by atoms with Crippen LogP contribution in [-0.4, -0.2) is 13.1 Å². The normalized spacial score (nSPS) is 13.8. The SMILES string of the molecule is CNC(C)CC(C)(C)c1cccc2ccccc12. The predicted octanol–water partition coefficient (Wildman–Crippen LogP) is 4.12. The summed E-state index contributed by atoms with van der Waals surface area (Å²) in [4.78, 5) is 0. The highest BCUT2D eigenvalue weighted by Crippen LogP contribution is 2.33. The standard InChI is InChI=1S/C17H23N/c1-13(18-4)12-17(2,3)16-11-7-9-14-8-5-6-10-15(14)16/h5-11,13,18H,12H2,1-4H3. The van der Waals surface area contributed by atoms with E-state index in [4.69, 9.17) is 0 Å². The zero-order valence-corrected chi connectivity index (χ0v) is 11.8. The van der Waals surface area contributed by atoms with Crippen LogP contribution >= 0.6 is 0 Å². The van der Waals surface area contributed by atoms with Crippen LogP contribution in [0.15, 0.2) is 42.5 Å². The minimum absolute atomic E-state index is 0.184. The molecule has 0 aliphatic heterocycles. The van der Waals surface area contributed by atoms with Gasteiger partial charge in [-0.2, -0.15) is 0 Å². The molecule has 2 aromatic rings. The molecule has 2 rings (SSSR count). The van der Waals surface area contributed by atoms with Crippen LogP contribution in [0.4, 0.5) is 0 Å². The van der Waals surface area contributed by atoms with Crippen LogP contribution in [0.5, 0.6) is 0 Å². The highest BCUT2D eigenvalue weighted by Gasteiger charge is 2.24. The molecule has 2 aromatic carbocycles. The third-order valence-electron chi connectivity index (χ3n) is 3.83. The number of rotatable bonds is 4. The van der Waals surface area contributed by atoms with E-state index >= 15 is 0 Å². The van der Waals surface area contributed by atoms with Gasteiger partial charge in [0.15, 0.2) is 0 Å². The first-order valence-corrected chi connectivity index (χ1v) is 6.70. The van der Waals surface area contributed by atoms with Gasteiger partial charge in [-0.25, -0.2) is 0 Å². The van der Waals surface area contributed by atoms with Crippen molar-refractivity contribution >= 4 is 10.8 Å². The molecular weight excluding hydrogens is 218 g/mol. The predicted molar refractivity (Wildman–Crippen MR) is 80.1 cm³/mol. The lowest BCUT2D eigenvalue weighted by molar-refractivity contribution is 0.408. The minimum Gasteiger partial charge on any atom is -0.317 e. The van der Waals surface area contributed by atoms with Gasteiger partial charge in [0.05, 0.1) is 0 Å². The van der Waals surface area contributed by atoms with E-state index in [0.29, 0.717) is 6.04 Å². The summed E-state index contributed by atoms with van der Waals surface area (Å²) in [6.07, 6.45) is 1.14. The summed E-state index contributed by atoms with van der Waals surface area (Å²) in [6.45, 7) is 6.91. The van der Waals surface area contributed by atoms with Crippen molar-refractivity contribution in [1.82, 2.24) is 5.32 Å². The quantitative estimate of drug-likeness (QED) is 0.849. The van der Waals surface area contributed by atoms with Crippen molar-refractivity contribution in [3.8, 4) is 0 Å². The van der Waals surface area contributed by atoms with Crippen LogP contribution in [0.3, 0.4) is 0 Å². The van der Waals surface area contributed by atoms with Crippen molar-refractivity contribution in [1.29, 1.82) is 0 Å². The molecule has 0 saturated heterocycles. The van der Waals surface area contributed by atoms with Crippen LogP contribution in [0, 0.1) is 0 Å². The van der Waals surface area contributed by atoms with E-state index < -0.39 is 0 Å². The maximum absolute atomic E-state index is 3.34. The molecule has 1 unspecified atom stereocenters. The van der Waals surface area contributed by atoms with Crippen molar-refractivity contribution in [2.24, 2.45) is 0 Å². The number of nitrogens with one attached hydrogen (secondary N) is 1. The molecule has 1 atom stereocenters. The van der Waals surface area contributed by atoms with E-state index in [1.165, 1.54) is 16.3 Å². The van der Waals surface area contributed by atoms with Gasteiger partial charge in [0.2, 0.25) is 0 Å². The Bertz CT molecular complexity index is 523. The van der Waals surface area contributed by atoms with E-state index in [2.05, 4.69) is 68.6 Å². The molecule has 1 nitrogen and oxygen atoms in total. The summed E-state index contributed by atoms with van der Waals surface area (Å²) in [5, 5.41) is 6.06. The zero-order valence-electron chi connectivity index (χ0n) is 11.8. The van der Waals surface area contributed by atoms with Crippen molar-refractivity contribution in [2.75, 3.05) is 7.05 Å². The lowest BCUT2D eigenvalue weighted by Crippen LogP contribution is -2.31. The lowest BCUT2D eigenvalue weighted by atomic mass is 9.77. The molecule has 18 heavy (non-hydrogen) atoms. The summed E-state index contributed by atoms with van der Waals surface area (Å²) in [6, 6.07) is 15.8. The fraction of sp³-hybridized carbons (Fsp3) is 0.412. The smallest absolute Gasteiger partial charge is 0.00440 e. The molecule has 1 N–H and O–H groups in total. The topological polar surface area (TPSA) is 12.0 Å². The zero-order chi connectivity index (χ0) is 13.2. The average Bonchev–Trinajstić information content (AvgIpc) is 2.37. The Morgan fingerprint density at radius 2 is 1.72 bits per heavy atom. The lowest BCUT2D eigenvalue weighted by Gasteiger charge is -2.30. The second kappa shape index (κ2) is 5.11. The Kier molecular flexibility index (Phi) is 3.72. The van der Waals surface area contributed by atoms with E-state index in [9.17, 15) is 0 Å². The summed E-state index contributed by atoms with van der Waals surface area (Å²) >= 11 is 0. The maximum Gasteiger partial charge on any atom is 0.00440 e. The highest BCUT2D eigenvalue weighted by molar-refractivity contribution is 5.86. The largest absolute Gasteiger partial charge is 0.317 e. The van der Waals surface area contributed by atoms with E-state index in [-0.39, 0.29) is 5.41 Å². The molecule has 0 aromatic heterocycles. The van der Waals surface area contributed by atoms with E-state index in [1.54, 1.807) is 0 Å². The van der Waals surface area contributed by atoms with Crippen molar-refractivity contribution in [3.05, 3.63) is 48.0 Å². The van der Waals surface area contributed by atoms with Gasteiger partial charge in [0, 0.05) is 6.04 Å². The van der Waals surface area contributed by atoms with Crippen LogP contribution in [0.1, 0.15) is 32.8 Å². The molecule has 0 spiro atoms. The average molecular weight is 241 g/mol. The molecule has 96 valence electrons. The summed E-state index contributed by atoms with van der Waals surface area (Å²) in [5.41, 5.74) is 1.63. The Labute approximate surface area is 110 Å².